The third-order valence-electron chi connectivity index (χ3n) is 6.01. The first kappa shape index (κ1) is 17.7. The van der Waals surface area contributed by atoms with Crippen molar-refractivity contribution in [3.8, 4) is 0 Å². The van der Waals surface area contributed by atoms with Gasteiger partial charge in [-0.3, -0.25) is 9.89 Å². The first-order chi connectivity index (χ1) is 11.2. The number of aromatic amines is 1. The minimum absolute atomic E-state index is 0. The Morgan fingerprint density at radius 3 is 2.96 bits per heavy atom. The molecule has 2 atom stereocenters. The quantitative estimate of drug-likeness (QED) is 0.772. The van der Waals surface area contributed by atoms with E-state index in [4.69, 9.17) is 4.74 Å². The van der Waals surface area contributed by atoms with Crippen LogP contribution in [-0.4, -0.2) is 41.4 Å². The van der Waals surface area contributed by atoms with Gasteiger partial charge in [0.1, 0.15) is 0 Å². The highest BCUT2D eigenvalue weighted by molar-refractivity contribution is 5.94. The number of aromatic nitrogens is 2. The molecular formula is C17H27ClN4O2. The number of carbonyl (C=O) groups excluding carboxylic acids is 1. The van der Waals surface area contributed by atoms with Crippen molar-refractivity contribution >= 4 is 18.3 Å². The molecule has 2 heterocycles. The summed E-state index contributed by atoms with van der Waals surface area (Å²) in [5.74, 6) is -0.0302. The van der Waals surface area contributed by atoms with Gasteiger partial charge in [-0.25, -0.2) is 0 Å². The Labute approximate surface area is 148 Å². The number of nitrogens with one attached hydrogen (secondary N) is 3. The van der Waals surface area contributed by atoms with Crippen molar-refractivity contribution in [1.29, 1.82) is 0 Å². The van der Waals surface area contributed by atoms with Gasteiger partial charge in [-0.05, 0) is 26.2 Å². The molecule has 3 N–H and O–H groups in total. The van der Waals surface area contributed by atoms with E-state index in [9.17, 15) is 4.79 Å². The molecule has 0 bridgehead atoms. The summed E-state index contributed by atoms with van der Waals surface area (Å²) in [5, 5.41) is 13.9. The van der Waals surface area contributed by atoms with Gasteiger partial charge in [0.2, 0.25) is 0 Å². The highest BCUT2D eigenvalue weighted by atomic mass is 35.5. The SMILES string of the molecule is CCOC1CC(NC(=O)c2n[nH]c3c2CNCC3)C12CCCC2.Cl. The number of fused-ring (bicyclic) bond motifs is 1. The van der Waals surface area contributed by atoms with Crippen LogP contribution < -0.4 is 10.6 Å². The molecule has 1 amide bonds. The molecule has 3 aliphatic rings. The lowest BCUT2D eigenvalue weighted by Crippen LogP contribution is -2.63. The van der Waals surface area contributed by atoms with Crippen molar-refractivity contribution in [3.05, 3.63) is 17.0 Å². The maximum Gasteiger partial charge on any atom is 0.272 e. The van der Waals surface area contributed by atoms with Crippen LogP contribution in [0.2, 0.25) is 0 Å². The van der Waals surface area contributed by atoms with Crippen LogP contribution in [0.1, 0.15) is 60.8 Å². The topological polar surface area (TPSA) is 79.0 Å². The van der Waals surface area contributed by atoms with Crippen LogP contribution in [0.4, 0.5) is 0 Å². The van der Waals surface area contributed by atoms with E-state index in [1.165, 1.54) is 25.7 Å². The predicted molar refractivity (Wildman–Crippen MR) is 93.4 cm³/mol. The molecule has 0 radical (unpaired) electrons. The molecule has 2 unspecified atom stereocenters. The largest absolute Gasteiger partial charge is 0.378 e. The second-order valence-electron chi connectivity index (χ2n) is 7.10. The van der Waals surface area contributed by atoms with Gasteiger partial charge in [0, 0.05) is 48.8 Å². The van der Waals surface area contributed by atoms with E-state index < -0.39 is 0 Å². The summed E-state index contributed by atoms with van der Waals surface area (Å²) < 4.78 is 5.93. The smallest absolute Gasteiger partial charge is 0.272 e. The van der Waals surface area contributed by atoms with Crippen molar-refractivity contribution in [3.63, 3.8) is 0 Å². The molecule has 1 aliphatic heterocycles. The van der Waals surface area contributed by atoms with Crippen LogP contribution in [0.3, 0.4) is 0 Å². The van der Waals surface area contributed by atoms with E-state index in [1.54, 1.807) is 0 Å². The maximum absolute atomic E-state index is 12.7. The number of ether oxygens (including phenoxy) is 1. The fourth-order valence-electron chi connectivity index (χ4n) is 4.73. The van der Waals surface area contributed by atoms with Gasteiger partial charge in [-0.1, -0.05) is 12.8 Å². The molecule has 1 spiro atoms. The van der Waals surface area contributed by atoms with E-state index in [1.807, 2.05) is 0 Å². The first-order valence-corrected chi connectivity index (χ1v) is 8.94. The standard InChI is InChI=1S/C17H26N4O2.ClH/c1-2-23-14-9-13(17(14)6-3-4-7-17)19-16(22)15-11-10-18-8-5-12(11)20-21-15;/h13-14,18H,2-10H2,1H3,(H,19,22)(H,20,21);1H. The van der Waals surface area contributed by atoms with Gasteiger partial charge >= 0.3 is 0 Å². The van der Waals surface area contributed by atoms with Crippen LogP contribution in [0.25, 0.3) is 0 Å². The first-order valence-electron chi connectivity index (χ1n) is 8.94. The lowest BCUT2D eigenvalue weighted by molar-refractivity contribution is -0.127. The molecule has 0 saturated heterocycles. The maximum atomic E-state index is 12.7. The van der Waals surface area contributed by atoms with Crippen LogP contribution in [0.5, 0.6) is 0 Å². The normalized spacial score (nSPS) is 27.2. The van der Waals surface area contributed by atoms with E-state index in [0.717, 1.165) is 43.8 Å². The number of halogens is 1. The second-order valence-corrected chi connectivity index (χ2v) is 7.10. The third-order valence-corrected chi connectivity index (χ3v) is 6.01. The second kappa shape index (κ2) is 7.02. The summed E-state index contributed by atoms with van der Waals surface area (Å²) in [6.07, 6.45) is 7.00. The molecule has 7 heteroatoms. The number of hydrogen-bond acceptors (Lipinski definition) is 4. The average Bonchev–Trinajstić information content (AvgIpc) is 3.22. The number of rotatable bonds is 4. The zero-order valence-corrected chi connectivity index (χ0v) is 15.0. The molecule has 1 aromatic heterocycles. The lowest BCUT2D eigenvalue weighted by atomic mass is 9.60. The molecular weight excluding hydrogens is 328 g/mol. The third kappa shape index (κ3) is 2.74. The van der Waals surface area contributed by atoms with Gasteiger partial charge < -0.3 is 15.4 Å². The van der Waals surface area contributed by atoms with Crippen LogP contribution >= 0.6 is 12.4 Å². The molecule has 24 heavy (non-hydrogen) atoms. The summed E-state index contributed by atoms with van der Waals surface area (Å²) in [5.41, 5.74) is 2.88. The van der Waals surface area contributed by atoms with Crippen molar-refractivity contribution in [2.75, 3.05) is 13.2 Å². The van der Waals surface area contributed by atoms with Gasteiger partial charge in [0.05, 0.1) is 6.10 Å². The van der Waals surface area contributed by atoms with E-state index in [2.05, 4.69) is 27.8 Å². The van der Waals surface area contributed by atoms with Crippen molar-refractivity contribution in [2.24, 2.45) is 5.41 Å². The number of H-pyrrole nitrogens is 1. The highest BCUT2D eigenvalue weighted by Crippen LogP contribution is 2.54. The monoisotopic (exact) mass is 354 g/mol. The molecule has 134 valence electrons. The lowest BCUT2D eigenvalue weighted by Gasteiger charge is -2.54. The van der Waals surface area contributed by atoms with E-state index in [-0.39, 0.29) is 29.8 Å². The summed E-state index contributed by atoms with van der Waals surface area (Å²) in [7, 11) is 0. The van der Waals surface area contributed by atoms with Gasteiger partial charge in [0.15, 0.2) is 5.69 Å². The number of nitrogens with zero attached hydrogens (tertiary/aromatic N) is 1. The Hall–Kier alpha value is -1.11. The Morgan fingerprint density at radius 2 is 2.21 bits per heavy atom. The number of hydrogen-bond donors (Lipinski definition) is 3. The highest BCUT2D eigenvalue weighted by Gasteiger charge is 2.57. The Balaban J connectivity index is 0.00000169. The minimum atomic E-state index is -0.0302. The van der Waals surface area contributed by atoms with Gasteiger partial charge in [-0.2, -0.15) is 5.10 Å². The van der Waals surface area contributed by atoms with Crippen LogP contribution in [0.15, 0.2) is 0 Å². The van der Waals surface area contributed by atoms with E-state index in [0.29, 0.717) is 11.8 Å². The van der Waals surface area contributed by atoms with Crippen LogP contribution in [-0.2, 0) is 17.7 Å². The van der Waals surface area contributed by atoms with Crippen molar-refractivity contribution in [1.82, 2.24) is 20.8 Å². The molecule has 2 aliphatic carbocycles. The predicted octanol–water partition coefficient (Wildman–Crippen LogP) is 1.94. The summed E-state index contributed by atoms with van der Waals surface area (Å²) in [4.78, 5) is 12.7. The Morgan fingerprint density at radius 1 is 1.42 bits per heavy atom. The molecule has 2 saturated carbocycles. The van der Waals surface area contributed by atoms with Crippen LogP contribution in [0, 0.1) is 5.41 Å². The average molecular weight is 355 g/mol. The molecule has 1 aromatic rings. The summed E-state index contributed by atoms with van der Waals surface area (Å²) in [6, 6.07) is 0.234. The fraction of sp³-hybridized carbons (Fsp3) is 0.765. The van der Waals surface area contributed by atoms with E-state index >= 15 is 0 Å². The molecule has 0 aromatic carbocycles. The molecule has 4 rings (SSSR count). The minimum Gasteiger partial charge on any atom is -0.378 e. The Bertz CT molecular complexity index is 597. The summed E-state index contributed by atoms with van der Waals surface area (Å²) in [6.45, 7) is 4.48. The van der Waals surface area contributed by atoms with Crippen molar-refractivity contribution < 1.29 is 9.53 Å². The van der Waals surface area contributed by atoms with Gasteiger partial charge in [-0.15, -0.1) is 12.4 Å². The number of amides is 1. The zero-order valence-electron chi connectivity index (χ0n) is 14.2. The molecule has 6 nitrogen and oxygen atoms in total. The summed E-state index contributed by atoms with van der Waals surface area (Å²) >= 11 is 0. The molecule has 2 fully saturated rings. The van der Waals surface area contributed by atoms with Crippen molar-refractivity contribution in [2.45, 2.75) is 64.1 Å². The zero-order chi connectivity index (χ0) is 15.9. The fourth-order valence-corrected chi connectivity index (χ4v) is 4.73. The Kier molecular flexibility index (Phi) is 5.18. The number of carbonyl (C=O) groups is 1. The van der Waals surface area contributed by atoms with Gasteiger partial charge in [0.25, 0.3) is 5.91 Å².